The van der Waals surface area contributed by atoms with E-state index in [1.54, 1.807) is 24.5 Å². The zero-order valence-corrected chi connectivity index (χ0v) is 9.22. The molecule has 0 aromatic carbocycles. The van der Waals surface area contributed by atoms with Gasteiger partial charge in [0.15, 0.2) is 11.5 Å². The van der Waals surface area contributed by atoms with Crippen molar-refractivity contribution in [2.75, 3.05) is 5.32 Å². The highest BCUT2D eigenvalue weighted by Crippen LogP contribution is 2.24. The summed E-state index contributed by atoms with van der Waals surface area (Å²) in [7, 11) is 0. The van der Waals surface area contributed by atoms with E-state index >= 15 is 0 Å². The third-order valence-corrected chi connectivity index (χ3v) is 2.29. The fourth-order valence-electron chi connectivity index (χ4n) is 1.18. The number of halogens is 1. The SMILES string of the molecule is O=C(O)c1ncnc(Nc2ccncc2)c1Cl. The van der Waals surface area contributed by atoms with Crippen molar-refractivity contribution in [3.8, 4) is 0 Å². The van der Waals surface area contributed by atoms with E-state index in [0.717, 1.165) is 6.33 Å². The number of hydrogen-bond donors (Lipinski definition) is 2. The van der Waals surface area contributed by atoms with Crippen LogP contribution in [0.3, 0.4) is 0 Å². The fourth-order valence-corrected chi connectivity index (χ4v) is 1.40. The minimum atomic E-state index is -1.20. The molecule has 0 aliphatic heterocycles. The lowest BCUT2D eigenvalue weighted by Crippen LogP contribution is -2.05. The first-order valence-electron chi connectivity index (χ1n) is 4.59. The van der Waals surface area contributed by atoms with Crippen molar-refractivity contribution in [1.82, 2.24) is 15.0 Å². The van der Waals surface area contributed by atoms with Gasteiger partial charge in [0.2, 0.25) is 0 Å². The molecule has 0 fully saturated rings. The molecule has 6 nitrogen and oxygen atoms in total. The molecule has 0 bridgehead atoms. The van der Waals surface area contributed by atoms with Crippen LogP contribution in [0.15, 0.2) is 30.9 Å². The lowest BCUT2D eigenvalue weighted by Gasteiger charge is -2.07. The zero-order chi connectivity index (χ0) is 12.3. The molecule has 0 saturated heterocycles. The summed E-state index contributed by atoms with van der Waals surface area (Å²) >= 11 is 5.87. The fraction of sp³-hybridized carbons (Fsp3) is 0. The second-order valence-electron chi connectivity index (χ2n) is 3.05. The van der Waals surface area contributed by atoms with Crippen LogP contribution in [0.1, 0.15) is 10.5 Å². The Bertz CT molecular complexity index is 547. The van der Waals surface area contributed by atoms with Crippen LogP contribution in [0.4, 0.5) is 11.5 Å². The second kappa shape index (κ2) is 4.75. The van der Waals surface area contributed by atoms with Gasteiger partial charge in [-0.25, -0.2) is 14.8 Å². The molecule has 0 atom stereocenters. The number of aromatic carboxylic acids is 1. The maximum absolute atomic E-state index is 10.8. The van der Waals surface area contributed by atoms with E-state index in [4.69, 9.17) is 16.7 Å². The first-order chi connectivity index (χ1) is 8.18. The molecule has 0 aliphatic rings. The Kier molecular flexibility index (Phi) is 3.15. The standard InChI is InChI=1S/C10H7ClN4O2/c11-7-8(10(16)17)13-5-14-9(7)15-6-1-3-12-4-2-6/h1-5H,(H,16,17)(H,12,13,14,15). The molecule has 0 aliphatic carbocycles. The highest BCUT2D eigenvalue weighted by Gasteiger charge is 2.14. The van der Waals surface area contributed by atoms with Crippen molar-refractivity contribution in [3.63, 3.8) is 0 Å². The van der Waals surface area contributed by atoms with Gasteiger partial charge in [-0.15, -0.1) is 0 Å². The molecule has 2 N–H and O–H groups in total. The number of rotatable bonds is 3. The predicted octanol–water partition coefficient (Wildman–Crippen LogP) is 1.97. The molecule has 0 amide bonds. The molecule has 0 unspecified atom stereocenters. The Morgan fingerprint density at radius 2 is 2.00 bits per heavy atom. The topological polar surface area (TPSA) is 88.0 Å². The highest BCUT2D eigenvalue weighted by molar-refractivity contribution is 6.35. The average Bonchev–Trinajstić information content (AvgIpc) is 2.33. The van der Waals surface area contributed by atoms with Crippen LogP contribution in [0.5, 0.6) is 0 Å². The number of anilines is 2. The minimum absolute atomic E-state index is 0.0307. The number of carboxylic acids is 1. The van der Waals surface area contributed by atoms with Crippen molar-refractivity contribution < 1.29 is 9.90 Å². The van der Waals surface area contributed by atoms with Gasteiger partial charge in [-0.1, -0.05) is 11.6 Å². The third-order valence-electron chi connectivity index (χ3n) is 1.94. The third kappa shape index (κ3) is 2.48. The lowest BCUT2D eigenvalue weighted by atomic mass is 10.3. The summed E-state index contributed by atoms with van der Waals surface area (Å²) in [4.78, 5) is 22.1. The summed E-state index contributed by atoms with van der Waals surface area (Å²) in [5, 5.41) is 11.7. The predicted molar refractivity (Wildman–Crippen MR) is 61.5 cm³/mol. The van der Waals surface area contributed by atoms with Gasteiger partial charge in [0.1, 0.15) is 11.3 Å². The van der Waals surface area contributed by atoms with E-state index in [-0.39, 0.29) is 16.5 Å². The van der Waals surface area contributed by atoms with Crippen LogP contribution in [-0.4, -0.2) is 26.0 Å². The Morgan fingerprint density at radius 1 is 1.29 bits per heavy atom. The normalized spacial score (nSPS) is 9.94. The Balaban J connectivity index is 2.34. The summed E-state index contributed by atoms with van der Waals surface area (Å²) < 4.78 is 0. The number of carboxylic acid groups (broad SMARTS) is 1. The van der Waals surface area contributed by atoms with Crippen LogP contribution in [-0.2, 0) is 0 Å². The van der Waals surface area contributed by atoms with Crippen molar-refractivity contribution >= 4 is 29.1 Å². The van der Waals surface area contributed by atoms with Crippen LogP contribution >= 0.6 is 11.6 Å². The van der Waals surface area contributed by atoms with Gasteiger partial charge in [-0.2, -0.15) is 0 Å². The zero-order valence-electron chi connectivity index (χ0n) is 8.46. The van der Waals surface area contributed by atoms with Gasteiger partial charge in [0, 0.05) is 18.1 Å². The molecule has 86 valence electrons. The Morgan fingerprint density at radius 3 is 2.65 bits per heavy atom. The van der Waals surface area contributed by atoms with E-state index in [1.807, 2.05) is 0 Å². The molecule has 0 radical (unpaired) electrons. The van der Waals surface area contributed by atoms with Gasteiger partial charge in [0.25, 0.3) is 0 Å². The molecule has 0 saturated carbocycles. The second-order valence-corrected chi connectivity index (χ2v) is 3.43. The maximum atomic E-state index is 10.8. The van der Waals surface area contributed by atoms with Crippen LogP contribution in [0.25, 0.3) is 0 Å². The van der Waals surface area contributed by atoms with Gasteiger partial charge in [0.05, 0.1) is 0 Å². The summed E-state index contributed by atoms with van der Waals surface area (Å²) in [5.41, 5.74) is 0.468. The average molecular weight is 251 g/mol. The number of aromatic nitrogens is 3. The number of nitrogens with zero attached hydrogens (tertiary/aromatic N) is 3. The largest absolute Gasteiger partial charge is 0.476 e. The molecule has 2 aromatic rings. The first kappa shape index (κ1) is 11.3. The molecule has 7 heteroatoms. The molecular formula is C10H7ClN4O2. The summed E-state index contributed by atoms with van der Waals surface area (Å²) in [6, 6.07) is 3.41. The quantitative estimate of drug-likeness (QED) is 0.866. The monoisotopic (exact) mass is 250 g/mol. The van der Waals surface area contributed by atoms with Crippen molar-refractivity contribution in [1.29, 1.82) is 0 Å². The highest BCUT2D eigenvalue weighted by atomic mass is 35.5. The summed E-state index contributed by atoms with van der Waals surface area (Å²) in [6.45, 7) is 0. The number of hydrogen-bond acceptors (Lipinski definition) is 5. The van der Waals surface area contributed by atoms with Gasteiger partial charge in [-0.3, -0.25) is 4.98 Å². The van der Waals surface area contributed by atoms with Gasteiger partial charge in [-0.05, 0) is 12.1 Å². The van der Waals surface area contributed by atoms with Gasteiger partial charge < -0.3 is 10.4 Å². The number of carbonyl (C=O) groups is 1. The van der Waals surface area contributed by atoms with Gasteiger partial charge >= 0.3 is 5.97 Å². The van der Waals surface area contributed by atoms with Crippen LogP contribution in [0.2, 0.25) is 5.02 Å². The Labute approximate surface area is 101 Å². The summed E-state index contributed by atoms with van der Waals surface area (Å²) in [5.74, 6) is -0.958. The van der Waals surface area contributed by atoms with E-state index in [0.29, 0.717) is 5.69 Å². The molecule has 0 spiro atoms. The molecule has 2 rings (SSSR count). The molecule has 17 heavy (non-hydrogen) atoms. The lowest BCUT2D eigenvalue weighted by molar-refractivity contribution is 0.0690. The van der Waals surface area contributed by atoms with Crippen molar-refractivity contribution in [2.45, 2.75) is 0 Å². The van der Waals surface area contributed by atoms with Crippen LogP contribution in [0, 0.1) is 0 Å². The number of nitrogens with one attached hydrogen (secondary N) is 1. The van der Waals surface area contributed by atoms with E-state index in [1.165, 1.54) is 0 Å². The van der Waals surface area contributed by atoms with E-state index in [2.05, 4.69) is 20.3 Å². The molecular weight excluding hydrogens is 244 g/mol. The minimum Gasteiger partial charge on any atom is -0.476 e. The van der Waals surface area contributed by atoms with Crippen LogP contribution < -0.4 is 5.32 Å². The van der Waals surface area contributed by atoms with Crippen molar-refractivity contribution in [2.24, 2.45) is 0 Å². The maximum Gasteiger partial charge on any atom is 0.356 e. The van der Waals surface area contributed by atoms with Crippen molar-refractivity contribution in [3.05, 3.63) is 41.6 Å². The first-order valence-corrected chi connectivity index (χ1v) is 4.97. The molecule has 2 aromatic heterocycles. The Hall–Kier alpha value is -2.21. The van der Waals surface area contributed by atoms with E-state index in [9.17, 15) is 4.79 Å². The smallest absolute Gasteiger partial charge is 0.356 e. The number of pyridine rings is 1. The molecule has 2 heterocycles. The summed E-state index contributed by atoms with van der Waals surface area (Å²) in [6.07, 6.45) is 4.32. The van der Waals surface area contributed by atoms with E-state index < -0.39 is 5.97 Å².